The molecule has 7 heteroatoms. The Bertz CT molecular complexity index is 3430. The molecule has 0 fully saturated rings. The van der Waals surface area contributed by atoms with Gasteiger partial charge in [-0.1, -0.05) is 115 Å². The first-order chi connectivity index (χ1) is 29.6. The molecule has 3 heterocycles. The highest BCUT2D eigenvalue weighted by Crippen LogP contribution is 2.44. The highest BCUT2D eigenvalue weighted by molar-refractivity contribution is 6.12. The van der Waals surface area contributed by atoms with Gasteiger partial charge in [-0.05, 0) is 77.9 Å². The molecule has 7 nitrogen and oxygen atoms in total. The van der Waals surface area contributed by atoms with Crippen LogP contribution in [0.1, 0.15) is 11.1 Å². The highest BCUT2D eigenvalue weighted by Gasteiger charge is 2.24. The maximum Gasteiger partial charge on any atom is 0.164 e. The molecule has 0 saturated heterocycles. The average Bonchev–Trinajstić information content (AvgIpc) is 3.86. The van der Waals surface area contributed by atoms with Crippen molar-refractivity contribution in [2.24, 2.45) is 0 Å². The Hall–Kier alpha value is -8.65. The second-order valence-electron chi connectivity index (χ2n) is 14.7. The van der Waals surface area contributed by atoms with E-state index in [1.807, 2.05) is 133 Å². The van der Waals surface area contributed by atoms with Crippen LogP contribution in [0, 0.1) is 22.7 Å². The molecule has 11 rings (SSSR count). The van der Waals surface area contributed by atoms with Crippen molar-refractivity contribution in [3.8, 4) is 74.2 Å². The van der Waals surface area contributed by atoms with Gasteiger partial charge in [0.1, 0.15) is 11.2 Å². The first-order valence-corrected chi connectivity index (χ1v) is 19.5. The maximum absolute atomic E-state index is 9.95. The fourth-order valence-electron chi connectivity index (χ4n) is 8.30. The standard InChI is InChI=1S/C53H30N6O/c54-31-33-20-24-46-44(26-33)45-27-34(32-55)21-25-47(45)59(46)50-42(35-12-4-1-5-13-35)28-39(29-43(50)36-14-6-2-7-15-36)53-57-51(37-16-8-3-9-17-37)56-52(58-53)38-22-23-41-40-18-10-11-19-48(40)60-49(41)30-38/h1-30H. The van der Waals surface area contributed by atoms with E-state index in [1.54, 1.807) is 0 Å². The van der Waals surface area contributed by atoms with Crippen LogP contribution >= 0.6 is 0 Å². The third-order valence-corrected chi connectivity index (χ3v) is 11.1. The summed E-state index contributed by atoms with van der Waals surface area (Å²) >= 11 is 0. The van der Waals surface area contributed by atoms with Gasteiger partial charge in [0, 0.05) is 49.4 Å². The Morgan fingerprint density at radius 1 is 0.383 bits per heavy atom. The Labute approximate surface area is 344 Å². The Morgan fingerprint density at radius 2 is 0.867 bits per heavy atom. The van der Waals surface area contributed by atoms with Crippen LogP contribution < -0.4 is 0 Å². The van der Waals surface area contributed by atoms with E-state index in [4.69, 9.17) is 19.4 Å². The lowest BCUT2D eigenvalue weighted by molar-refractivity contribution is 0.669. The van der Waals surface area contributed by atoms with Crippen molar-refractivity contribution in [1.82, 2.24) is 19.5 Å². The molecule has 0 amide bonds. The third-order valence-electron chi connectivity index (χ3n) is 11.1. The minimum atomic E-state index is 0.518. The molecule has 0 aliphatic heterocycles. The van der Waals surface area contributed by atoms with E-state index >= 15 is 0 Å². The van der Waals surface area contributed by atoms with Gasteiger partial charge < -0.3 is 8.98 Å². The molecule has 0 unspecified atom stereocenters. The molecule has 0 bridgehead atoms. The monoisotopic (exact) mass is 766 g/mol. The molecule has 8 aromatic carbocycles. The van der Waals surface area contributed by atoms with E-state index in [1.165, 1.54) is 0 Å². The predicted octanol–water partition coefficient (Wildman–Crippen LogP) is 12.9. The maximum atomic E-state index is 9.95. The average molecular weight is 767 g/mol. The van der Waals surface area contributed by atoms with Crippen LogP contribution in [0.4, 0.5) is 0 Å². The third kappa shape index (κ3) is 5.77. The molecule has 0 atom stereocenters. The van der Waals surface area contributed by atoms with Crippen molar-refractivity contribution in [2.45, 2.75) is 0 Å². The van der Waals surface area contributed by atoms with Gasteiger partial charge in [0.05, 0.1) is 40.0 Å². The summed E-state index contributed by atoms with van der Waals surface area (Å²) in [7, 11) is 0. The van der Waals surface area contributed by atoms with Crippen LogP contribution in [-0.4, -0.2) is 19.5 Å². The van der Waals surface area contributed by atoms with E-state index < -0.39 is 0 Å². The zero-order valence-electron chi connectivity index (χ0n) is 31.9. The zero-order valence-corrected chi connectivity index (χ0v) is 31.9. The van der Waals surface area contributed by atoms with Crippen molar-refractivity contribution in [3.63, 3.8) is 0 Å². The number of hydrogen-bond donors (Lipinski definition) is 0. The number of benzene rings is 8. The molecule has 0 N–H and O–H groups in total. The highest BCUT2D eigenvalue weighted by atomic mass is 16.3. The van der Waals surface area contributed by atoms with E-state index in [0.29, 0.717) is 28.6 Å². The lowest BCUT2D eigenvalue weighted by Crippen LogP contribution is -2.04. The van der Waals surface area contributed by atoms with Crippen LogP contribution in [0.2, 0.25) is 0 Å². The van der Waals surface area contributed by atoms with Crippen LogP contribution in [0.3, 0.4) is 0 Å². The van der Waals surface area contributed by atoms with E-state index in [-0.39, 0.29) is 0 Å². The normalized spacial score (nSPS) is 11.3. The van der Waals surface area contributed by atoms with Crippen LogP contribution in [0.25, 0.3) is 106 Å². The lowest BCUT2D eigenvalue weighted by atomic mass is 9.92. The number of hydrogen-bond acceptors (Lipinski definition) is 6. The van der Waals surface area contributed by atoms with Gasteiger partial charge in [-0.2, -0.15) is 10.5 Å². The van der Waals surface area contributed by atoms with Crippen LogP contribution in [0.15, 0.2) is 186 Å². The Kier molecular flexibility index (Phi) is 8.11. The minimum Gasteiger partial charge on any atom is -0.456 e. The number of rotatable bonds is 6. The molecule has 11 aromatic rings. The fraction of sp³-hybridized carbons (Fsp3) is 0. The first-order valence-electron chi connectivity index (χ1n) is 19.5. The zero-order chi connectivity index (χ0) is 40.2. The summed E-state index contributed by atoms with van der Waals surface area (Å²) in [5.74, 6) is 1.59. The number of furan rings is 1. The summed E-state index contributed by atoms with van der Waals surface area (Å²) < 4.78 is 8.57. The largest absolute Gasteiger partial charge is 0.456 e. The SMILES string of the molecule is N#Cc1ccc2c(c1)c1cc(C#N)ccc1n2-c1c(-c2ccccc2)cc(-c2nc(-c3ccccc3)nc(-c3ccc4c(c3)oc3ccccc34)n2)cc1-c1ccccc1. The molecular formula is C53H30N6O. The topological polar surface area (TPSA) is 104 Å². The van der Waals surface area contributed by atoms with E-state index in [9.17, 15) is 10.5 Å². The van der Waals surface area contributed by atoms with Gasteiger partial charge in [0.2, 0.25) is 0 Å². The van der Waals surface area contributed by atoms with Crippen molar-refractivity contribution in [1.29, 1.82) is 10.5 Å². The summed E-state index contributed by atoms with van der Waals surface area (Å²) in [6.45, 7) is 0. The molecule has 0 radical (unpaired) electrons. The van der Waals surface area contributed by atoms with Gasteiger partial charge in [0.15, 0.2) is 17.5 Å². The molecule has 60 heavy (non-hydrogen) atoms. The van der Waals surface area contributed by atoms with Gasteiger partial charge in [-0.25, -0.2) is 15.0 Å². The Morgan fingerprint density at radius 3 is 1.43 bits per heavy atom. The minimum absolute atomic E-state index is 0.518. The predicted molar refractivity (Wildman–Crippen MR) is 238 cm³/mol. The molecule has 0 spiro atoms. The van der Waals surface area contributed by atoms with E-state index in [2.05, 4.69) is 65.2 Å². The molecule has 3 aromatic heterocycles. The molecular weight excluding hydrogens is 737 g/mol. The molecule has 0 aliphatic rings. The number of nitrogens with zero attached hydrogens (tertiary/aromatic N) is 6. The quantitative estimate of drug-likeness (QED) is 0.167. The summed E-state index contributed by atoms with van der Waals surface area (Å²) in [6, 6.07) is 65.3. The summed E-state index contributed by atoms with van der Waals surface area (Å²) in [6.07, 6.45) is 0. The smallest absolute Gasteiger partial charge is 0.164 e. The van der Waals surface area contributed by atoms with Crippen LogP contribution in [-0.2, 0) is 0 Å². The number of nitriles is 2. The summed E-state index contributed by atoms with van der Waals surface area (Å²) in [5.41, 5.74) is 11.8. The fourth-order valence-corrected chi connectivity index (χ4v) is 8.30. The molecule has 0 aliphatic carbocycles. The summed E-state index contributed by atoms with van der Waals surface area (Å²) in [4.78, 5) is 15.5. The summed E-state index contributed by atoms with van der Waals surface area (Å²) in [5, 5.41) is 23.8. The van der Waals surface area contributed by atoms with Gasteiger partial charge in [0.25, 0.3) is 0 Å². The van der Waals surface area contributed by atoms with Gasteiger partial charge in [-0.15, -0.1) is 0 Å². The van der Waals surface area contributed by atoms with Crippen LogP contribution in [0.5, 0.6) is 0 Å². The lowest BCUT2D eigenvalue weighted by Gasteiger charge is -2.21. The van der Waals surface area contributed by atoms with Crippen molar-refractivity contribution in [3.05, 3.63) is 193 Å². The van der Waals surface area contributed by atoms with E-state index in [0.717, 1.165) is 88.4 Å². The number of para-hydroxylation sites is 1. The molecule has 278 valence electrons. The first kappa shape index (κ1) is 34.6. The van der Waals surface area contributed by atoms with Gasteiger partial charge >= 0.3 is 0 Å². The second kappa shape index (κ2) is 14.1. The van der Waals surface area contributed by atoms with Crippen molar-refractivity contribution >= 4 is 43.7 Å². The van der Waals surface area contributed by atoms with Crippen molar-refractivity contribution in [2.75, 3.05) is 0 Å². The van der Waals surface area contributed by atoms with Crippen molar-refractivity contribution < 1.29 is 4.42 Å². The number of fused-ring (bicyclic) bond motifs is 6. The number of aromatic nitrogens is 4. The Balaban J connectivity index is 1.22. The van der Waals surface area contributed by atoms with Gasteiger partial charge in [-0.3, -0.25) is 0 Å². The second-order valence-corrected chi connectivity index (χ2v) is 14.7. The molecule has 0 saturated carbocycles.